The Balaban J connectivity index is 3.07. The maximum Gasteiger partial charge on any atom is 0.269 e. The van der Waals surface area contributed by atoms with Crippen molar-refractivity contribution < 1.29 is 9.72 Å². The van der Waals surface area contributed by atoms with E-state index in [0.717, 1.165) is 11.1 Å². The van der Waals surface area contributed by atoms with Crippen LogP contribution in [0.1, 0.15) is 11.1 Å². The molecule has 0 N–H and O–H groups in total. The molecule has 0 aliphatic rings. The van der Waals surface area contributed by atoms with E-state index in [2.05, 4.69) is 0 Å². The molecule has 1 rings (SSSR count). The van der Waals surface area contributed by atoms with E-state index in [1.165, 1.54) is 18.2 Å². The Morgan fingerprint density at radius 2 is 2.14 bits per heavy atom. The molecule has 0 atom stereocenters. The summed E-state index contributed by atoms with van der Waals surface area (Å²) >= 11 is 0. The number of hydrogen-bond donors (Lipinski definition) is 0. The Kier molecular flexibility index (Phi) is 3.12. The van der Waals surface area contributed by atoms with Gasteiger partial charge in [-0.15, -0.1) is 0 Å². The smallest absolute Gasteiger partial charge is 0.269 e. The van der Waals surface area contributed by atoms with Crippen LogP contribution in [-0.4, -0.2) is 11.2 Å². The first-order valence-electron chi connectivity index (χ1n) is 4.02. The summed E-state index contributed by atoms with van der Waals surface area (Å²) in [6, 6.07) is 4.51. The SMILES string of the molecule is Cc1cc([N+](=O)[O-])ccc1/C=C/C=O. The summed E-state index contributed by atoms with van der Waals surface area (Å²) in [5, 5.41) is 10.4. The number of nitro benzene ring substituents is 1. The molecule has 0 bridgehead atoms. The molecule has 72 valence electrons. The highest BCUT2D eigenvalue weighted by Crippen LogP contribution is 2.17. The van der Waals surface area contributed by atoms with Crippen molar-refractivity contribution in [2.45, 2.75) is 6.92 Å². The number of carbonyl (C=O) groups excluding carboxylic acids is 1. The second kappa shape index (κ2) is 4.32. The van der Waals surface area contributed by atoms with Crippen molar-refractivity contribution in [1.29, 1.82) is 0 Å². The molecule has 0 saturated heterocycles. The van der Waals surface area contributed by atoms with Crippen LogP contribution < -0.4 is 0 Å². The van der Waals surface area contributed by atoms with Crippen LogP contribution in [-0.2, 0) is 4.79 Å². The molecule has 0 spiro atoms. The van der Waals surface area contributed by atoms with Crippen LogP contribution in [0.4, 0.5) is 5.69 Å². The molecule has 0 aliphatic heterocycles. The van der Waals surface area contributed by atoms with Crippen molar-refractivity contribution in [2.24, 2.45) is 0 Å². The summed E-state index contributed by atoms with van der Waals surface area (Å²) < 4.78 is 0. The van der Waals surface area contributed by atoms with Crippen molar-refractivity contribution >= 4 is 18.0 Å². The van der Waals surface area contributed by atoms with Crippen LogP contribution in [0.15, 0.2) is 24.3 Å². The molecule has 0 unspecified atom stereocenters. The van der Waals surface area contributed by atoms with E-state index in [4.69, 9.17) is 0 Å². The fourth-order valence-electron chi connectivity index (χ4n) is 1.10. The first kappa shape index (κ1) is 10.1. The van der Waals surface area contributed by atoms with Gasteiger partial charge in [-0.1, -0.05) is 6.08 Å². The third-order valence-corrected chi connectivity index (χ3v) is 1.82. The molecule has 0 amide bonds. The van der Waals surface area contributed by atoms with Crippen LogP contribution in [0, 0.1) is 17.0 Å². The largest absolute Gasteiger partial charge is 0.299 e. The van der Waals surface area contributed by atoms with Crippen LogP contribution in [0.5, 0.6) is 0 Å². The zero-order valence-electron chi connectivity index (χ0n) is 7.64. The van der Waals surface area contributed by atoms with Crippen LogP contribution in [0.3, 0.4) is 0 Å². The lowest BCUT2D eigenvalue weighted by molar-refractivity contribution is -0.384. The van der Waals surface area contributed by atoms with Crippen molar-refractivity contribution in [3.63, 3.8) is 0 Å². The minimum absolute atomic E-state index is 0.0609. The highest BCUT2D eigenvalue weighted by molar-refractivity contribution is 5.74. The quantitative estimate of drug-likeness (QED) is 0.318. The number of allylic oxidation sites excluding steroid dienone is 1. The highest BCUT2D eigenvalue weighted by atomic mass is 16.6. The second-order valence-corrected chi connectivity index (χ2v) is 2.79. The molecular formula is C10H9NO3. The van der Waals surface area contributed by atoms with Gasteiger partial charge in [0.15, 0.2) is 0 Å². The number of nitrogens with zero attached hydrogens (tertiary/aromatic N) is 1. The summed E-state index contributed by atoms with van der Waals surface area (Å²) in [7, 11) is 0. The van der Waals surface area contributed by atoms with E-state index in [9.17, 15) is 14.9 Å². The number of aldehydes is 1. The Morgan fingerprint density at radius 3 is 2.64 bits per heavy atom. The molecule has 1 aromatic carbocycles. The van der Waals surface area contributed by atoms with Gasteiger partial charge in [-0.2, -0.15) is 0 Å². The van der Waals surface area contributed by atoms with E-state index < -0.39 is 4.92 Å². The molecule has 4 nitrogen and oxygen atoms in total. The first-order valence-corrected chi connectivity index (χ1v) is 4.02. The fourth-order valence-corrected chi connectivity index (χ4v) is 1.10. The zero-order chi connectivity index (χ0) is 10.6. The van der Waals surface area contributed by atoms with Crippen LogP contribution >= 0.6 is 0 Å². The van der Waals surface area contributed by atoms with Gasteiger partial charge < -0.3 is 0 Å². The van der Waals surface area contributed by atoms with Crippen molar-refractivity contribution in [3.05, 3.63) is 45.5 Å². The normalized spacial score (nSPS) is 10.4. The van der Waals surface area contributed by atoms with E-state index in [1.54, 1.807) is 19.1 Å². The lowest BCUT2D eigenvalue weighted by Crippen LogP contribution is -1.89. The topological polar surface area (TPSA) is 60.2 Å². The summed E-state index contributed by atoms with van der Waals surface area (Å²) in [6.07, 6.45) is 3.64. The maximum atomic E-state index is 10.4. The fraction of sp³-hybridized carbons (Fsp3) is 0.100. The van der Waals surface area contributed by atoms with E-state index in [1.807, 2.05) is 0 Å². The van der Waals surface area contributed by atoms with Crippen molar-refractivity contribution in [2.75, 3.05) is 0 Å². The molecule has 4 heteroatoms. The number of hydrogen-bond acceptors (Lipinski definition) is 3. The van der Waals surface area contributed by atoms with Crippen LogP contribution in [0.2, 0.25) is 0 Å². The minimum atomic E-state index is -0.444. The molecule has 0 radical (unpaired) electrons. The van der Waals surface area contributed by atoms with Gasteiger partial charge in [0.05, 0.1) is 4.92 Å². The molecular weight excluding hydrogens is 182 g/mol. The Bertz CT molecular complexity index is 396. The third-order valence-electron chi connectivity index (χ3n) is 1.82. The van der Waals surface area contributed by atoms with Gasteiger partial charge in [-0.25, -0.2) is 0 Å². The van der Waals surface area contributed by atoms with Crippen molar-refractivity contribution in [3.8, 4) is 0 Å². The Hall–Kier alpha value is -1.97. The third kappa shape index (κ3) is 2.26. The number of rotatable bonds is 3. The molecule has 0 aliphatic carbocycles. The predicted molar refractivity (Wildman–Crippen MR) is 52.9 cm³/mol. The lowest BCUT2D eigenvalue weighted by Gasteiger charge is -1.98. The van der Waals surface area contributed by atoms with Gasteiger partial charge in [0.1, 0.15) is 6.29 Å². The predicted octanol–water partition coefficient (Wildman–Crippen LogP) is 2.12. The minimum Gasteiger partial charge on any atom is -0.299 e. The summed E-state index contributed by atoms with van der Waals surface area (Å²) in [4.78, 5) is 20.0. The number of non-ortho nitro benzene ring substituents is 1. The summed E-state index contributed by atoms with van der Waals surface area (Å²) in [6.45, 7) is 1.76. The van der Waals surface area contributed by atoms with E-state index >= 15 is 0 Å². The molecule has 14 heavy (non-hydrogen) atoms. The Labute approximate surface area is 81.0 Å². The summed E-state index contributed by atoms with van der Waals surface area (Å²) in [5.41, 5.74) is 1.64. The number of nitro groups is 1. The maximum absolute atomic E-state index is 10.4. The average molecular weight is 191 g/mol. The number of benzene rings is 1. The van der Waals surface area contributed by atoms with Gasteiger partial charge >= 0.3 is 0 Å². The summed E-state index contributed by atoms with van der Waals surface area (Å²) in [5.74, 6) is 0. The van der Waals surface area contributed by atoms with Gasteiger partial charge in [-0.05, 0) is 30.2 Å². The molecule has 0 saturated carbocycles. The van der Waals surface area contributed by atoms with Crippen LogP contribution in [0.25, 0.3) is 6.08 Å². The first-order chi connectivity index (χ1) is 6.65. The zero-order valence-corrected chi connectivity index (χ0v) is 7.64. The van der Waals surface area contributed by atoms with Crippen molar-refractivity contribution in [1.82, 2.24) is 0 Å². The van der Waals surface area contributed by atoms with E-state index in [0.29, 0.717) is 6.29 Å². The van der Waals surface area contributed by atoms with Gasteiger partial charge in [-0.3, -0.25) is 14.9 Å². The average Bonchev–Trinajstić information content (AvgIpc) is 2.15. The Morgan fingerprint density at radius 1 is 1.43 bits per heavy atom. The molecule has 0 fully saturated rings. The highest BCUT2D eigenvalue weighted by Gasteiger charge is 2.05. The molecule has 0 aromatic heterocycles. The number of aryl methyl sites for hydroxylation is 1. The lowest BCUT2D eigenvalue weighted by atomic mass is 10.1. The van der Waals surface area contributed by atoms with Gasteiger partial charge in [0.2, 0.25) is 0 Å². The second-order valence-electron chi connectivity index (χ2n) is 2.79. The number of carbonyl (C=O) groups is 1. The molecule has 1 aromatic rings. The van der Waals surface area contributed by atoms with E-state index in [-0.39, 0.29) is 5.69 Å². The van der Waals surface area contributed by atoms with Gasteiger partial charge in [0.25, 0.3) is 5.69 Å². The monoisotopic (exact) mass is 191 g/mol. The standard InChI is InChI=1S/C10H9NO3/c1-8-7-10(11(13)14)5-4-9(8)3-2-6-12/h2-7H,1H3/b3-2+. The van der Waals surface area contributed by atoms with Gasteiger partial charge in [0, 0.05) is 12.1 Å². The molecule has 0 heterocycles.